The van der Waals surface area contributed by atoms with E-state index < -0.39 is 27.6 Å². The third-order valence-electron chi connectivity index (χ3n) is 6.30. The Morgan fingerprint density at radius 1 is 0.912 bits per heavy atom. The summed E-state index contributed by atoms with van der Waals surface area (Å²) in [5.74, 6) is 0.407. The van der Waals surface area contributed by atoms with Crippen molar-refractivity contribution in [2.45, 2.75) is 18.6 Å². The van der Waals surface area contributed by atoms with Crippen molar-refractivity contribution in [1.29, 1.82) is 0 Å². The SMILES string of the molecule is O=C(C(c1ccccc1)N1CCS(=O)(=O)CC1)N1CCCN(c2ccc(C(F)(F)F)cn2)CC1. The van der Waals surface area contributed by atoms with Crippen molar-refractivity contribution in [3.05, 3.63) is 59.8 Å². The van der Waals surface area contributed by atoms with Crippen molar-refractivity contribution in [3.63, 3.8) is 0 Å². The molecule has 0 radical (unpaired) electrons. The smallest absolute Gasteiger partial charge is 0.355 e. The molecule has 1 unspecified atom stereocenters. The van der Waals surface area contributed by atoms with Crippen LogP contribution in [0.1, 0.15) is 23.6 Å². The van der Waals surface area contributed by atoms with E-state index in [0.717, 1.165) is 17.8 Å². The molecule has 2 aromatic rings. The predicted molar refractivity (Wildman–Crippen MR) is 122 cm³/mol. The second-order valence-electron chi connectivity index (χ2n) is 8.57. The number of benzene rings is 1. The standard InChI is InChI=1S/C23H27F3N4O3S/c24-23(25,26)19-7-8-20(27-17-19)28-9-4-10-30(12-11-28)22(31)21(18-5-2-1-3-6-18)29-13-15-34(32,33)16-14-29/h1-3,5-8,17,21H,4,9-16H2. The Bertz CT molecular complexity index is 1080. The van der Waals surface area contributed by atoms with Gasteiger partial charge in [0.2, 0.25) is 5.91 Å². The van der Waals surface area contributed by atoms with Crippen molar-refractivity contribution in [2.75, 3.05) is 55.7 Å². The highest BCUT2D eigenvalue weighted by Gasteiger charge is 2.35. The number of hydrogen-bond acceptors (Lipinski definition) is 6. The van der Waals surface area contributed by atoms with Crippen molar-refractivity contribution in [1.82, 2.24) is 14.8 Å². The highest BCUT2D eigenvalue weighted by molar-refractivity contribution is 7.91. The highest BCUT2D eigenvalue weighted by Crippen LogP contribution is 2.30. The molecule has 11 heteroatoms. The maximum absolute atomic E-state index is 13.7. The number of rotatable bonds is 4. The number of hydrogen-bond donors (Lipinski definition) is 0. The summed E-state index contributed by atoms with van der Waals surface area (Å²) in [6.07, 6.45) is -2.96. The van der Waals surface area contributed by atoms with E-state index in [2.05, 4.69) is 4.98 Å². The maximum atomic E-state index is 13.7. The van der Waals surface area contributed by atoms with Gasteiger partial charge >= 0.3 is 6.18 Å². The number of amides is 1. The lowest BCUT2D eigenvalue weighted by atomic mass is 10.0. The van der Waals surface area contributed by atoms with Crippen LogP contribution in [-0.4, -0.2) is 79.9 Å². The van der Waals surface area contributed by atoms with Crippen LogP contribution in [-0.2, 0) is 20.8 Å². The molecule has 0 saturated carbocycles. The minimum atomic E-state index is -4.44. The van der Waals surface area contributed by atoms with E-state index in [-0.39, 0.29) is 17.4 Å². The van der Waals surface area contributed by atoms with Gasteiger partial charge in [-0.05, 0) is 24.1 Å². The normalized spacial score (nSPS) is 20.6. The number of aromatic nitrogens is 1. The number of anilines is 1. The Balaban J connectivity index is 1.48. The van der Waals surface area contributed by atoms with Crippen LogP contribution in [0.5, 0.6) is 0 Å². The van der Waals surface area contributed by atoms with Gasteiger partial charge < -0.3 is 9.80 Å². The van der Waals surface area contributed by atoms with Gasteiger partial charge in [0.1, 0.15) is 11.9 Å². The van der Waals surface area contributed by atoms with E-state index in [1.807, 2.05) is 40.1 Å². The van der Waals surface area contributed by atoms with Gasteiger partial charge in [-0.1, -0.05) is 30.3 Å². The number of nitrogens with zero attached hydrogens (tertiary/aromatic N) is 4. The highest BCUT2D eigenvalue weighted by atomic mass is 32.2. The minimum absolute atomic E-state index is 0.0248. The fraction of sp³-hybridized carbons (Fsp3) is 0.478. The summed E-state index contributed by atoms with van der Waals surface area (Å²) in [6, 6.07) is 11.1. The third kappa shape index (κ3) is 5.69. The lowest BCUT2D eigenvalue weighted by molar-refractivity contribution is -0.138. The molecule has 2 saturated heterocycles. The van der Waals surface area contributed by atoms with Crippen molar-refractivity contribution < 1.29 is 26.4 Å². The average molecular weight is 497 g/mol. The molecule has 1 aromatic carbocycles. The first-order valence-electron chi connectivity index (χ1n) is 11.2. The predicted octanol–water partition coefficient (Wildman–Crippen LogP) is 2.61. The van der Waals surface area contributed by atoms with Crippen molar-refractivity contribution in [3.8, 4) is 0 Å². The molecule has 2 aliphatic rings. The molecular formula is C23H27F3N4O3S. The van der Waals surface area contributed by atoms with Crippen LogP contribution in [0.15, 0.2) is 48.7 Å². The average Bonchev–Trinajstić information content (AvgIpc) is 3.07. The Morgan fingerprint density at radius 3 is 2.24 bits per heavy atom. The van der Waals surface area contributed by atoms with Crippen LogP contribution in [0.4, 0.5) is 19.0 Å². The summed E-state index contributed by atoms with van der Waals surface area (Å²) >= 11 is 0. The largest absolute Gasteiger partial charge is 0.417 e. The number of carbonyl (C=O) groups excluding carboxylic acids is 1. The van der Waals surface area contributed by atoms with Crippen LogP contribution in [0.25, 0.3) is 0 Å². The third-order valence-corrected chi connectivity index (χ3v) is 7.91. The number of halogens is 3. The molecule has 1 aromatic heterocycles. The fourth-order valence-electron chi connectivity index (χ4n) is 4.41. The summed E-state index contributed by atoms with van der Waals surface area (Å²) in [6.45, 7) is 2.51. The zero-order chi connectivity index (χ0) is 24.3. The Hall–Kier alpha value is -2.66. The molecule has 2 fully saturated rings. The Labute approximate surface area is 197 Å². The van der Waals surface area contributed by atoms with Crippen LogP contribution in [0.3, 0.4) is 0 Å². The number of pyridine rings is 1. The van der Waals surface area contributed by atoms with Crippen molar-refractivity contribution in [2.24, 2.45) is 0 Å². The summed E-state index contributed by atoms with van der Waals surface area (Å²) in [5, 5.41) is 0. The van der Waals surface area contributed by atoms with Gasteiger partial charge in [-0.3, -0.25) is 9.69 Å². The first kappa shape index (κ1) is 24.5. The van der Waals surface area contributed by atoms with E-state index >= 15 is 0 Å². The summed E-state index contributed by atoms with van der Waals surface area (Å²) in [7, 11) is -3.09. The first-order chi connectivity index (χ1) is 16.1. The van der Waals surface area contributed by atoms with Gasteiger partial charge in [-0.15, -0.1) is 0 Å². The van der Waals surface area contributed by atoms with Gasteiger partial charge in [0.05, 0.1) is 17.1 Å². The lowest BCUT2D eigenvalue weighted by Crippen LogP contribution is -2.49. The fourth-order valence-corrected chi connectivity index (χ4v) is 5.64. The topological polar surface area (TPSA) is 73.8 Å². The van der Waals surface area contributed by atoms with Crippen LogP contribution in [0, 0.1) is 0 Å². The second-order valence-corrected chi connectivity index (χ2v) is 10.9. The van der Waals surface area contributed by atoms with E-state index in [0.29, 0.717) is 51.5 Å². The van der Waals surface area contributed by atoms with Gasteiger partial charge in [0.15, 0.2) is 9.84 Å². The first-order valence-corrected chi connectivity index (χ1v) is 13.0. The molecule has 0 bridgehead atoms. The van der Waals surface area contributed by atoms with Gasteiger partial charge in [-0.25, -0.2) is 13.4 Å². The minimum Gasteiger partial charge on any atom is -0.355 e. The van der Waals surface area contributed by atoms with E-state index in [1.165, 1.54) is 6.07 Å². The molecule has 184 valence electrons. The monoisotopic (exact) mass is 496 g/mol. The van der Waals surface area contributed by atoms with E-state index in [1.54, 1.807) is 4.90 Å². The molecule has 7 nitrogen and oxygen atoms in total. The molecule has 2 aliphatic heterocycles. The van der Waals surface area contributed by atoms with E-state index in [4.69, 9.17) is 0 Å². The van der Waals surface area contributed by atoms with Crippen LogP contribution < -0.4 is 4.90 Å². The van der Waals surface area contributed by atoms with Gasteiger partial charge in [0, 0.05) is 45.5 Å². The molecule has 4 rings (SSSR count). The maximum Gasteiger partial charge on any atom is 0.417 e. The molecule has 0 N–H and O–H groups in total. The number of carbonyl (C=O) groups is 1. The number of sulfone groups is 1. The quantitative estimate of drug-likeness (QED) is 0.648. The molecule has 34 heavy (non-hydrogen) atoms. The zero-order valence-corrected chi connectivity index (χ0v) is 19.4. The number of alkyl halides is 3. The Kier molecular flexibility index (Phi) is 7.13. The molecule has 0 aliphatic carbocycles. The van der Waals surface area contributed by atoms with Gasteiger partial charge in [0.25, 0.3) is 0 Å². The van der Waals surface area contributed by atoms with Crippen molar-refractivity contribution >= 4 is 21.6 Å². The second kappa shape index (κ2) is 9.91. The molecule has 1 amide bonds. The van der Waals surface area contributed by atoms with Crippen LogP contribution in [0.2, 0.25) is 0 Å². The molecular weight excluding hydrogens is 469 g/mol. The summed E-state index contributed by atoms with van der Waals surface area (Å²) in [5.41, 5.74) is 0.0226. The van der Waals surface area contributed by atoms with Crippen LogP contribution >= 0.6 is 0 Å². The van der Waals surface area contributed by atoms with Gasteiger partial charge in [-0.2, -0.15) is 13.2 Å². The van der Waals surface area contributed by atoms with E-state index in [9.17, 15) is 26.4 Å². The molecule has 3 heterocycles. The zero-order valence-electron chi connectivity index (χ0n) is 18.6. The molecule has 1 atom stereocenters. The summed E-state index contributed by atoms with van der Waals surface area (Å²) < 4.78 is 62.4. The summed E-state index contributed by atoms with van der Waals surface area (Å²) in [4.78, 5) is 23.3. The molecule has 0 spiro atoms. The lowest BCUT2D eigenvalue weighted by Gasteiger charge is -2.36. The Morgan fingerprint density at radius 2 is 1.62 bits per heavy atom.